The molecule has 10 nitrogen and oxygen atoms in total. The van der Waals surface area contributed by atoms with Gasteiger partial charge in [-0.2, -0.15) is 8.42 Å². The number of hydrogen-bond donors (Lipinski definition) is 0. The van der Waals surface area contributed by atoms with E-state index in [-0.39, 0.29) is 34.8 Å². The Balaban J connectivity index is 1.54. The van der Waals surface area contributed by atoms with Gasteiger partial charge in [-0.15, -0.1) is 0 Å². The monoisotopic (exact) mass is 606 g/mol. The molecule has 236 valence electrons. The van der Waals surface area contributed by atoms with E-state index in [0.717, 1.165) is 64.8 Å². The van der Waals surface area contributed by atoms with Crippen LogP contribution in [0.25, 0.3) is 0 Å². The Morgan fingerprint density at radius 3 is 2.07 bits per heavy atom. The minimum atomic E-state index is -3.78. The lowest BCUT2D eigenvalue weighted by molar-refractivity contribution is 0.0820. The number of anilines is 1. The molecule has 1 aromatic heterocycles. The normalized spacial score (nSPS) is 15.1. The van der Waals surface area contributed by atoms with E-state index in [1.807, 2.05) is 41.5 Å². The van der Waals surface area contributed by atoms with Crippen molar-refractivity contribution in [3.63, 3.8) is 0 Å². The van der Waals surface area contributed by atoms with E-state index < -0.39 is 15.7 Å². The summed E-state index contributed by atoms with van der Waals surface area (Å²) >= 11 is 0. The number of aromatic nitrogens is 2. The third-order valence-corrected chi connectivity index (χ3v) is 8.98. The first-order chi connectivity index (χ1) is 19.8. The predicted molar refractivity (Wildman–Crippen MR) is 167 cm³/mol. The molecule has 2 heterocycles. The maximum absolute atomic E-state index is 13.1. The van der Waals surface area contributed by atoms with Gasteiger partial charge in [0.25, 0.3) is 15.7 Å². The first-order valence-corrected chi connectivity index (χ1v) is 16.7. The van der Waals surface area contributed by atoms with Crippen molar-refractivity contribution in [2.75, 3.05) is 44.2 Å². The van der Waals surface area contributed by atoms with Gasteiger partial charge in [-0.1, -0.05) is 26.2 Å². The Morgan fingerprint density at radius 1 is 0.881 bits per heavy atom. The molecule has 1 aromatic carbocycles. The maximum Gasteiger partial charge on any atom is 0.333 e. The first kappa shape index (κ1) is 33.9. The van der Waals surface area contributed by atoms with Crippen LogP contribution in [0, 0.1) is 0 Å². The van der Waals surface area contributed by atoms with Gasteiger partial charge in [0.1, 0.15) is 17.2 Å². The summed E-state index contributed by atoms with van der Waals surface area (Å²) in [4.78, 5) is 30.5. The Kier molecular flexibility index (Phi) is 11.9. The van der Waals surface area contributed by atoms with Crippen molar-refractivity contribution in [1.82, 2.24) is 14.0 Å². The fourth-order valence-corrected chi connectivity index (χ4v) is 6.14. The van der Waals surface area contributed by atoms with E-state index >= 15 is 0 Å². The van der Waals surface area contributed by atoms with E-state index in [1.165, 1.54) is 16.7 Å². The predicted octanol–water partition coefficient (Wildman–Crippen LogP) is 4.83. The van der Waals surface area contributed by atoms with E-state index in [1.54, 1.807) is 22.8 Å². The molecule has 0 aliphatic carbocycles. The van der Waals surface area contributed by atoms with E-state index in [4.69, 9.17) is 8.92 Å². The van der Waals surface area contributed by atoms with Crippen molar-refractivity contribution < 1.29 is 17.3 Å². The Hall–Kier alpha value is -2.63. The van der Waals surface area contributed by atoms with Gasteiger partial charge in [0, 0.05) is 50.9 Å². The van der Waals surface area contributed by atoms with Crippen molar-refractivity contribution in [2.45, 2.75) is 103 Å². The number of ether oxygens (including phenoxy) is 1. The summed E-state index contributed by atoms with van der Waals surface area (Å²) in [5.74, 6) is 1.29. The van der Waals surface area contributed by atoms with Gasteiger partial charge in [0.2, 0.25) is 0 Å². The lowest BCUT2D eigenvalue weighted by Gasteiger charge is -2.38. The van der Waals surface area contributed by atoms with Crippen molar-refractivity contribution in [3.8, 4) is 5.75 Å². The van der Waals surface area contributed by atoms with Crippen molar-refractivity contribution in [3.05, 3.63) is 51.2 Å². The van der Waals surface area contributed by atoms with E-state index in [0.29, 0.717) is 11.6 Å². The molecule has 3 rings (SSSR count). The van der Waals surface area contributed by atoms with Gasteiger partial charge >= 0.3 is 5.69 Å². The second kappa shape index (κ2) is 14.7. The molecule has 1 aliphatic rings. The van der Waals surface area contributed by atoms with Crippen LogP contribution in [0.15, 0.2) is 44.8 Å². The summed E-state index contributed by atoms with van der Waals surface area (Å²) in [6.07, 6.45) is 4.61. The highest BCUT2D eigenvalue weighted by atomic mass is 32.2. The van der Waals surface area contributed by atoms with E-state index in [2.05, 4.69) is 16.7 Å². The molecular formula is C31H50N4O6S. The number of rotatable bonds is 15. The van der Waals surface area contributed by atoms with Crippen LogP contribution in [-0.4, -0.2) is 67.4 Å². The molecule has 2 aromatic rings. The quantitative estimate of drug-likeness (QED) is 0.210. The van der Waals surface area contributed by atoms with Gasteiger partial charge in [-0.05, 0) is 78.6 Å². The molecule has 0 spiro atoms. The zero-order valence-electron chi connectivity index (χ0n) is 26.5. The summed E-state index contributed by atoms with van der Waals surface area (Å²) in [6.45, 7) is 17.9. The number of unbranched alkanes of at least 4 members (excludes halogenated alkanes) is 3. The molecule has 0 radical (unpaired) electrons. The van der Waals surface area contributed by atoms with Crippen LogP contribution >= 0.6 is 0 Å². The molecule has 11 heteroatoms. The molecule has 0 N–H and O–H groups in total. The Bertz CT molecular complexity index is 1370. The molecule has 0 saturated carbocycles. The maximum atomic E-state index is 13.1. The SMILES string of the molecule is CCCCCCOS(=O)(=O)c1ccc(OC(C)(C)CCN2CCN(c3cc(=O)n(C(C)C)c(=O)n3C(C)C)CC2)cc1. The molecule has 0 bridgehead atoms. The fraction of sp³-hybridized carbons (Fsp3) is 0.677. The molecule has 1 saturated heterocycles. The fourth-order valence-electron chi connectivity index (χ4n) is 5.20. The molecule has 1 aliphatic heterocycles. The summed E-state index contributed by atoms with van der Waals surface area (Å²) in [5, 5.41) is 0. The number of benzene rings is 1. The van der Waals surface area contributed by atoms with Crippen LogP contribution < -0.4 is 20.9 Å². The van der Waals surface area contributed by atoms with Crippen LogP contribution in [0.5, 0.6) is 5.75 Å². The zero-order chi connectivity index (χ0) is 31.1. The first-order valence-electron chi connectivity index (χ1n) is 15.3. The van der Waals surface area contributed by atoms with Gasteiger partial charge < -0.3 is 9.64 Å². The second-order valence-electron chi connectivity index (χ2n) is 12.3. The topological polar surface area (TPSA) is 103 Å². The van der Waals surface area contributed by atoms with Gasteiger partial charge in [-0.25, -0.2) is 4.79 Å². The zero-order valence-corrected chi connectivity index (χ0v) is 27.3. The standard InChI is InChI=1S/C31H50N4O6S/c1-8-9-10-11-22-40-42(38,39)27-14-12-26(13-15-27)41-31(6,7)16-17-32-18-20-33(21-19-32)28-23-29(36)35(25(4)5)30(37)34(28)24(2)3/h12-15,23-25H,8-11,16-22H2,1-7H3. The van der Waals surface area contributed by atoms with Crippen LogP contribution in [0.4, 0.5) is 5.82 Å². The summed E-state index contributed by atoms with van der Waals surface area (Å²) in [7, 11) is -3.78. The highest BCUT2D eigenvalue weighted by Gasteiger charge is 2.26. The van der Waals surface area contributed by atoms with Gasteiger partial charge in [0.05, 0.1) is 11.5 Å². The summed E-state index contributed by atoms with van der Waals surface area (Å²) in [6, 6.07) is 7.75. The summed E-state index contributed by atoms with van der Waals surface area (Å²) in [5.41, 5.74) is -0.986. The Labute approximate surface area is 251 Å². The smallest absolute Gasteiger partial charge is 0.333 e. The van der Waals surface area contributed by atoms with Crippen molar-refractivity contribution in [2.24, 2.45) is 0 Å². The van der Waals surface area contributed by atoms with Crippen LogP contribution in [0.3, 0.4) is 0 Å². The summed E-state index contributed by atoms with van der Waals surface area (Å²) < 4.78 is 39.4. The number of nitrogens with zero attached hydrogens (tertiary/aromatic N) is 4. The van der Waals surface area contributed by atoms with E-state index in [9.17, 15) is 18.0 Å². The van der Waals surface area contributed by atoms with Crippen LogP contribution in [0.2, 0.25) is 0 Å². The van der Waals surface area contributed by atoms with Gasteiger partial charge in [0.15, 0.2) is 0 Å². The lowest BCUT2D eigenvalue weighted by atomic mass is 10.0. The highest BCUT2D eigenvalue weighted by molar-refractivity contribution is 7.86. The molecule has 1 fully saturated rings. The highest BCUT2D eigenvalue weighted by Crippen LogP contribution is 2.25. The second-order valence-corrected chi connectivity index (χ2v) is 13.9. The van der Waals surface area contributed by atoms with Crippen LogP contribution in [0.1, 0.15) is 92.7 Å². The molecule has 0 unspecified atom stereocenters. The third-order valence-electron chi connectivity index (χ3n) is 7.65. The largest absolute Gasteiger partial charge is 0.488 e. The van der Waals surface area contributed by atoms with Crippen molar-refractivity contribution >= 4 is 15.9 Å². The molecule has 42 heavy (non-hydrogen) atoms. The molecular weight excluding hydrogens is 556 g/mol. The van der Waals surface area contributed by atoms with Crippen LogP contribution in [-0.2, 0) is 14.3 Å². The average molecular weight is 607 g/mol. The Morgan fingerprint density at radius 2 is 1.50 bits per heavy atom. The molecule has 0 atom stereocenters. The third kappa shape index (κ3) is 8.94. The lowest BCUT2D eigenvalue weighted by Crippen LogP contribution is -2.51. The van der Waals surface area contributed by atoms with Crippen molar-refractivity contribution in [1.29, 1.82) is 0 Å². The number of piperazine rings is 1. The number of hydrogen-bond acceptors (Lipinski definition) is 8. The van der Waals surface area contributed by atoms with Gasteiger partial charge in [-0.3, -0.25) is 23.0 Å². The molecule has 0 amide bonds. The average Bonchev–Trinajstić information content (AvgIpc) is 2.91. The minimum Gasteiger partial charge on any atom is -0.488 e. The minimum absolute atomic E-state index is 0.0636.